The molecule has 0 spiro atoms. The molecule has 4 rings (SSSR count). The molecule has 1 amide bonds. The van der Waals surface area contributed by atoms with Gasteiger partial charge in [0.1, 0.15) is 29.7 Å². The Morgan fingerprint density at radius 3 is 2.50 bits per heavy atom. The molecule has 3 aromatic rings. The lowest BCUT2D eigenvalue weighted by Gasteiger charge is -2.34. The second-order valence-electron chi connectivity index (χ2n) is 7.85. The van der Waals surface area contributed by atoms with Crippen LogP contribution in [0.15, 0.2) is 47.8 Å². The van der Waals surface area contributed by atoms with Gasteiger partial charge in [0.05, 0.1) is 19.3 Å². The standard InChI is InChI=1S/C24H26F2N4O3S/c1-32-18-3-5-19(6-4-18)33-13-12-29-8-10-30(11-9-29)15-23(31)28-24-27-22(16-34-24)20-14-17(25)2-7-21(20)26/h2-7,14,16H,8-13,15H2,1H3,(H,27,28,31). The van der Waals surface area contributed by atoms with Gasteiger partial charge in [-0.25, -0.2) is 13.8 Å². The van der Waals surface area contributed by atoms with Gasteiger partial charge in [-0.3, -0.25) is 14.6 Å². The fourth-order valence-corrected chi connectivity index (χ4v) is 4.37. The maximum absolute atomic E-state index is 13.9. The van der Waals surface area contributed by atoms with Gasteiger partial charge < -0.3 is 14.8 Å². The Labute approximate surface area is 200 Å². The summed E-state index contributed by atoms with van der Waals surface area (Å²) in [6.45, 7) is 4.88. The van der Waals surface area contributed by atoms with Gasteiger partial charge in [0.15, 0.2) is 5.13 Å². The van der Waals surface area contributed by atoms with Gasteiger partial charge in [-0.2, -0.15) is 0 Å². The van der Waals surface area contributed by atoms with Crippen LogP contribution in [0.5, 0.6) is 11.5 Å². The summed E-state index contributed by atoms with van der Waals surface area (Å²) in [5.74, 6) is 0.319. The molecule has 0 unspecified atom stereocenters. The monoisotopic (exact) mass is 488 g/mol. The molecular weight excluding hydrogens is 462 g/mol. The largest absolute Gasteiger partial charge is 0.497 e. The maximum Gasteiger partial charge on any atom is 0.240 e. The van der Waals surface area contributed by atoms with Gasteiger partial charge in [-0.1, -0.05) is 0 Å². The molecule has 0 saturated carbocycles. The lowest BCUT2D eigenvalue weighted by Crippen LogP contribution is -2.49. The van der Waals surface area contributed by atoms with Crippen LogP contribution in [0.1, 0.15) is 0 Å². The summed E-state index contributed by atoms with van der Waals surface area (Å²) in [5, 5.41) is 4.71. The van der Waals surface area contributed by atoms with E-state index in [0.29, 0.717) is 17.4 Å². The number of halogens is 2. The molecule has 1 aliphatic heterocycles. The third-order valence-corrected chi connectivity index (χ3v) is 6.28. The van der Waals surface area contributed by atoms with E-state index in [-0.39, 0.29) is 18.0 Å². The fraction of sp³-hybridized carbons (Fsp3) is 0.333. The number of aromatic nitrogens is 1. The van der Waals surface area contributed by atoms with Gasteiger partial charge in [-0.15, -0.1) is 11.3 Å². The summed E-state index contributed by atoms with van der Waals surface area (Å²) in [7, 11) is 1.63. The van der Waals surface area contributed by atoms with Crippen molar-refractivity contribution in [3.05, 3.63) is 59.5 Å². The molecule has 0 aliphatic carbocycles. The molecule has 0 radical (unpaired) electrons. The average Bonchev–Trinajstić information content (AvgIpc) is 3.30. The number of carbonyl (C=O) groups excluding carboxylic acids is 1. The van der Waals surface area contributed by atoms with Gasteiger partial charge in [0.2, 0.25) is 5.91 Å². The third-order valence-electron chi connectivity index (χ3n) is 5.52. The summed E-state index contributed by atoms with van der Waals surface area (Å²) >= 11 is 1.18. The van der Waals surface area contributed by atoms with Crippen LogP contribution in [0.3, 0.4) is 0 Å². The third kappa shape index (κ3) is 6.49. The number of thiazole rings is 1. The first kappa shape index (κ1) is 24.1. The lowest BCUT2D eigenvalue weighted by molar-refractivity contribution is -0.117. The van der Waals surface area contributed by atoms with Crippen molar-refractivity contribution in [2.45, 2.75) is 0 Å². The molecule has 2 heterocycles. The number of hydrogen-bond donors (Lipinski definition) is 1. The van der Waals surface area contributed by atoms with E-state index < -0.39 is 11.6 Å². The summed E-state index contributed by atoms with van der Waals surface area (Å²) in [5.41, 5.74) is 0.367. The van der Waals surface area contributed by atoms with Gasteiger partial charge in [0, 0.05) is 43.7 Å². The van der Waals surface area contributed by atoms with Gasteiger partial charge >= 0.3 is 0 Å². The Kier molecular flexibility index (Phi) is 8.04. The second kappa shape index (κ2) is 11.4. The zero-order chi connectivity index (χ0) is 23.9. The van der Waals surface area contributed by atoms with Crippen LogP contribution in [-0.2, 0) is 4.79 Å². The Bertz CT molecular complexity index is 1100. The van der Waals surface area contributed by atoms with E-state index in [4.69, 9.17) is 9.47 Å². The summed E-state index contributed by atoms with van der Waals surface area (Å²) < 4.78 is 38.3. The van der Waals surface area contributed by atoms with Crippen molar-refractivity contribution in [2.24, 2.45) is 0 Å². The Balaban J connectivity index is 1.17. The first-order chi connectivity index (χ1) is 16.5. The Morgan fingerprint density at radius 1 is 1.06 bits per heavy atom. The van der Waals surface area contributed by atoms with Crippen molar-refractivity contribution in [3.8, 4) is 22.8 Å². The first-order valence-corrected chi connectivity index (χ1v) is 11.8. The molecule has 0 bridgehead atoms. The second-order valence-corrected chi connectivity index (χ2v) is 8.71. The number of nitrogens with one attached hydrogen (secondary N) is 1. The quantitative estimate of drug-likeness (QED) is 0.495. The van der Waals surface area contributed by atoms with E-state index >= 15 is 0 Å². The van der Waals surface area contributed by atoms with Crippen LogP contribution in [0.25, 0.3) is 11.3 Å². The van der Waals surface area contributed by atoms with E-state index in [2.05, 4.69) is 20.1 Å². The van der Waals surface area contributed by atoms with Crippen LogP contribution < -0.4 is 14.8 Å². The zero-order valence-corrected chi connectivity index (χ0v) is 19.6. The van der Waals surface area contributed by atoms with Crippen molar-refractivity contribution >= 4 is 22.4 Å². The van der Waals surface area contributed by atoms with Crippen molar-refractivity contribution in [1.29, 1.82) is 0 Å². The normalized spacial score (nSPS) is 14.7. The lowest BCUT2D eigenvalue weighted by atomic mass is 10.1. The van der Waals surface area contributed by atoms with Gasteiger partial charge in [-0.05, 0) is 42.5 Å². The molecule has 1 fully saturated rings. The fourth-order valence-electron chi connectivity index (χ4n) is 3.65. The predicted molar refractivity (Wildman–Crippen MR) is 127 cm³/mol. The van der Waals surface area contributed by atoms with E-state index in [9.17, 15) is 13.6 Å². The number of amides is 1. The highest BCUT2D eigenvalue weighted by molar-refractivity contribution is 7.14. The highest BCUT2D eigenvalue weighted by atomic mass is 32.1. The molecule has 0 atom stereocenters. The molecule has 10 heteroatoms. The zero-order valence-electron chi connectivity index (χ0n) is 18.8. The molecular formula is C24H26F2N4O3S. The maximum atomic E-state index is 13.9. The predicted octanol–water partition coefficient (Wildman–Crippen LogP) is 3.73. The van der Waals surface area contributed by atoms with E-state index in [1.807, 2.05) is 24.3 Å². The number of nitrogens with zero attached hydrogens (tertiary/aromatic N) is 3. The number of hydrogen-bond acceptors (Lipinski definition) is 7. The summed E-state index contributed by atoms with van der Waals surface area (Å²) in [4.78, 5) is 21.1. The minimum Gasteiger partial charge on any atom is -0.497 e. The van der Waals surface area contributed by atoms with Crippen LogP contribution >= 0.6 is 11.3 Å². The van der Waals surface area contributed by atoms with Crippen molar-refractivity contribution in [2.75, 3.05) is 58.3 Å². The Hall–Kier alpha value is -3.08. The number of methoxy groups -OCH3 is 1. The van der Waals surface area contributed by atoms with Crippen molar-refractivity contribution in [3.63, 3.8) is 0 Å². The number of carbonyl (C=O) groups is 1. The van der Waals surface area contributed by atoms with Crippen LogP contribution in [0.2, 0.25) is 0 Å². The van der Waals surface area contributed by atoms with Crippen LogP contribution in [0, 0.1) is 11.6 Å². The van der Waals surface area contributed by atoms with Crippen LogP contribution in [0.4, 0.5) is 13.9 Å². The topological polar surface area (TPSA) is 66.9 Å². The SMILES string of the molecule is COc1ccc(OCCN2CCN(CC(=O)Nc3nc(-c4cc(F)ccc4F)cs3)CC2)cc1. The number of rotatable bonds is 9. The molecule has 180 valence electrons. The minimum absolute atomic E-state index is 0.0730. The van der Waals surface area contributed by atoms with E-state index in [1.54, 1.807) is 12.5 Å². The minimum atomic E-state index is -0.558. The molecule has 1 N–H and O–H groups in total. The smallest absolute Gasteiger partial charge is 0.240 e. The van der Waals surface area contributed by atoms with Crippen molar-refractivity contribution < 1.29 is 23.0 Å². The molecule has 1 aromatic heterocycles. The summed E-state index contributed by atoms with van der Waals surface area (Å²) in [6, 6.07) is 10.7. The Morgan fingerprint density at radius 2 is 1.76 bits per heavy atom. The van der Waals surface area contributed by atoms with Crippen LogP contribution in [-0.4, -0.2) is 73.7 Å². The molecule has 2 aromatic carbocycles. The van der Waals surface area contributed by atoms with E-state index in [0.717, 1.165) is 62.4 Å². The van der Waals surface area contributed by atoms with Gasteiger partial charge in [0.25, 0.3) is 0 Å². The van der Waals surface area contributed by atoms with Crippen molar-refractivity contribution in [1.82, 2.24) is 14.8 Å². The molecule has 7 nitrogen and oxygen atoms in total. The first-order valence-electron chi connectivity index (χ1n) is 10.9. The molecule has 1 aliphatic rings. The average molecular weight is 489 g/mol. The number of benzene rings is 2. The highest BCUT2D eigenvalue weighted by Gasteiger charge is 2.20. The summed E-state index contributed by atoms with van der Waals surface area (Å²) in [6.07, 6.45) is 0. The number of piperazine rings is 1. The van der Waals surface area contributed by atoms with E-state index in [1.165, 1.54) is 11.3 Å². The highest BCUT2D eigenvalue weighted by Crippen LogP contribution is 2.27. The molecule has 34 heavy (non-hydrogen) atoms. The number of anilines is 1. The molecule has 1 saturated heterocycles. The number of ether oxygens (including phenoxy) is 2.